The van der Waals surface area contributed by atoms with Gasteiger partial charge in [0.25, 0.3) is 0 Å². The van der Waals surface area contributed by atoms with Gasteiger partial charge in [0, 0.05) is 24.8 Å². The van der Waals surface area contributed by atoms with Crippen molar-refractivity contribution in [2.24, 2.45) is 18.5 Å². The molecule has 0 saturated carbocycles. The zero-order chi connectivity index (χ0) is 13.9. The van der Waals surface area contributed by atoms with Crippen molar-refractivity contribution in [2.45, 2.75) is 32.9 Å². The largest absolute Gasteiger partial charge is 0.370 e. The third-order valence-corrected chi connectivity index (χ3v) is 2.86. The van der Waals surface area contributed by atoms with Crippen LogP contribution in [-0.2, 0) is 23.2 Å². The molecule has 1 unspecified atom stereocenters. The average molecular weight is 253 g/mol. The Kier molecular flexibility index (Phi) is 4.43. The lowest BCUT2D eigenvalue weighted by atomic mass is 10.1. The van der Waals surface area contributed by atoms with E-state index < -0.39 is 17.9 Å². The zero-order valence-electron chi connectivity index (χ0n) is 10.9. The summed E-state index contributed by atoms with van der Waals surface area (Å²) >= 11 is 0. The van der Waals surface area contributed by atoms with E-state index in [9.17, 15) is 9.59 Å². The second-order valence-electron chi connectivity index (χ2n) is 4.27. The molecule has 0 saturated heterocycles. The van der Waals surface area contributed by atoms with Gasteiger partial charge < -0.3 is 16.8 Å². The Balaban J connectivity index is 2.60. The van der Waals surface area contributed by atoms with Gasteiger partial charge in [-0.25, -0.2) is 0 Å². The number of hydrogen-bond acceptors (Lipinski definition) is 4. The molecule has 0 fully saturated rings. The number of aromatic nitrogens is 2. The van der Waals surface area contributed by atoms with E-state index in [-0.39, 0.29) is 6.42 Å². The van der Waals surface area contributed by atoms with E-state index in [1.807, 2.05) is 20.9 Å². The van der Waals surface area contributed by atoms with E-state index in [0.717, 1.165) is 17.0 Å². The lowest BCUT2D eigenvalue weighted by Gasteiger charge is -2.10. The molecule has 1 aromatic rings. The monoisotopic (exact) mass is 253 g/mol. The normalized spacial score (nSPS) is 12.2. The molecule has 1 heterocycles. The van der Waals surface area contributed by atoms with E-state index in [1.165, 1.54) is 0 Å². The number of nitrogens with two attached hydrogens (primary N) is 2. The van der Waals surface area contributed by atoms with E-state index >= 15 is 0 Å². The molecule has 2 amide bonds. The average Bonchev–Trinajstić information content (AvgIpc) is 2.49. The minimum atomic E-state index is -0.903. The minimum absolute atomic E-state index is 0.156. The maximum atomic E-state index is 11.6. The molecule has 0 aliphatic rings. The first kappa shape index (κ1) is 14.2. The summed E-state index contributed by atoms with van der Waals surface area (Å²) in [5.41, 5.74) is 13.3. The fourth-order valence-electron chi connectivity index (χ4n) is 1.69. The minimum Gasteiger partial charge on any atom is -0.370 e. The quantitative estimate of drug-likeness (QED) is 0.614. The van der Waals surface area contributed by atoms with Gasteiger partial charge in [-0.1, -0.05) is 0 Å². The topological polar surface area (TPSA) is 116 Å². The number of nitrogens with one attached hydrogen (secondary N) is 1. The zero-order valence-corrected chi connectivity index (χ0v) is 10.9. The molecule has 5 N–H and O–H groups in total. The van der Waals surface area contributed by atoms with Gasteiger partial charge in [-0.2, -0.15) is 5.10 Å². The van der Waals surface area contributed by atoms with Crippen molar-refractivity contribution >= 4 is 11.8 Å². The Morgan fingerprint density at radius 1 is 1.44 bits per heavy atom. The van der Waals surface area contributed by atoms with Crippen LogP contribution in [-0.4, -0.2) is 27.6 Å². The van der Waals surface area contributed by atoms with Crippen LogP contribution >= 0.6 is 0 Å². The smallest absolute Gasteiger partial charge is 0.237 e. The van der Waals surface area contributed by atoms with Gasteiger partial charge in [0.05, 0.1) is 18.2 Å². The Labute approximate surface area is 106 Å². The Hall–Kier alpha value is -1.89. The van der Waals surface area contributed by atoms with Gasteiger partial charge in [-0.05, 0) is 13.8 Å². The molecule has 100 valence electrons. The number of amides is 2. The van der Waals surface area contributed by atoms with Gasteiger partial charge in [-0.3, -0.25) is 14.3 Å². The van der Waals surface area contributed by atoms with Crippen molar-refractivity contribution in [1.29, 1.82) is 0 Å². The molecule has 1 rings (SSSR count). The fourth-order valence-corrected chi connectivity index (χ4v) is 1.69. The standard InChI is InChI=1S/C11H19N5O2/c1-6-8(7(2)16(3)15-6)5-14-11(18)9(12)4-10(13)17/h9H,4-5,12H2,1-3H3,(H2,13,17)(H,14,18). The Morgan fingerprint density at radius 3 is 2.50 bits per heavy atom. The van der Waals surface area contributed by atoms with Crippen molar-refractivity contribution < 1.29 is 9.59 Å². The second kappa shape index (κ2) is 5.63. The van der Waals surface area contributed by atoms with E-state index in [1.54, 1.807) is 4.68 Å². The van der Waals surface area contributed by atoms with E-state index in [4.69, 9.17) is 11.5 Å². The van der Waals surface area contributed by atoms with Gasteiger partial charge in [0.15, 0.2) is 0 Å². The number of carbonyl (C=O) groups excluding carboxylic acids is 2. The highest BCUT2D eigenvalue weighted by molar-refractivity contribution is 5.87. The van der Waals surface area contributed by atoms with Gasteiger partial charge in [-0.15, -0.1) is 0 Å². The molecule has 0 spiro atoms. The van der Waals surface area contributed by atoms with Crippen LogP contribution in [0.25, 0.3) is 0 Å². The lowest BCUT2D eigenvalue weighted by Crippen LogP contribution is -2.42. The van der Waals surface area contributed by atoms with E-state index in [2.05, 4.69) is 10.4 Å². The summed E-state index contributed by atoms with van der Waals surface area (Å²) in [5.74, 6) is -0.983. The third-order valence-electron chi connectivity index (χ3n) is 2.86. The molecule has 0 aromatic carbocycles. The highest BCUT2D eigenvalue weighted by Gasteiger charge is 2.17. The number of primary amides is 1. The highest BCUT2D eigenvalue weighted by Crippen LogP contribution is 2.11. The Bertz CT molecular complexity index is 466. The van der Waals surface area contributed by atoms with Gasteiger partial charge >= 0.3 is 0 Å². The van der Waals surface area contributed by atoms with Crippen LogP contribution in [0.15, 0.2) is 0 Å². The van der Waals surface area contributed by atoms with Gasteiger partial charge in [0.1, 0.15) is 0 Å². The van der Waals surface area contributed by atoms with Crippen LogP contribution < -0.4 is 16.8 Å². The summed E-state index contributed by atoms with van der Waals surface area (Å²) in [6.07, 6.45) is -0.156. The van der Waals surface area contributed by atoms with Crippen molar-refractivity contribution in [1.82, 2.24) is 15.1 Å². The second-order valence-corrected chi connectivity index (χ2v) is 4.27. The van der Waals surface area contributed by atoms with Crippen molar-refractivity contribution in [3.05, 3.63) is 17.0 Å². The Morgan fingerprint density at radius 2 is 2.06 bits per heavy atom. The SMILES string of the molecule is Cc1nn(C)c(C)c1CNC(=O)C(N)CC(N)=O. The molecule has 0 radical (unpaired) electrons. The summed E-state index contributed by atoms with van der Waals surface area (Å²) < 4.78 is 1.75. The maximum Gasteiger partial charge on any atom is 0.237 e. The predicted octanol–water partition coefficient (Wildman–Crippen LogP) is -1.14. The fraction of sp³-hybridized carbons (Fsp3) is 0.545. The number of aryl methyl sites for hydroxylation is 2. The first-order valence-corrected chi connectivity index (χ1v) is 5.63. The maximum absolute atomic E-state index is 11.6. The molecule has 1 aromatic heterocycles. The van der Waals surface area contributed by atoms with Crippen LogP contribution in [0.2, 0.25) is 0 Å². The predicted molar refractivity (Wildman–Crippen MR) is 66.3 cm³/mol. The molecular weight excluding hydrogens is 234 g/mol. The molecule has 7 nitrogen and oxygen atoms in total. The van der Waals surface area contributed by atoms with Crippen molar-refractivity contribution in [2.75, 3.05) is 0 Å². The van der Waals surface area contributed by atoms with E-state index in [0.29, 0.717) is 6.54 Å². The molecule has 1 atom stereocenters. The number of nitrogens with zero attached hydrogens (tertiary/aromatic N) is 2. The molecule has 18 heavy (non-hydrogen) atoms. The van der Waals surface area contributed by atoms with Crippen LogP contribution in [0.1, 0.15) is 23.4 Å². The van der Waals surface area contributed by atoms with Crippen LogP contribution in [0.5, 0.6) is 0 Å². The van der Waals surface area contributed by atoms with Crippen LogP contribution in [0.3, 0.4) is 0 Å². The molecular formula is C11H19N5O2. The molecule has 0 bridgehead atoms. The summed E-state index contributed by atoms with van der Waals surface area (Å²) in [6.45, 7) is 4.14. The molecule has 0 aliphatic heterocycles. The summed E-state index contributed by atoms with van der Waals surface area (Å²) in [4.78, 5) is 22.3. The number of carbonyl (C=O) groups is 2. The number of rotatable bonds is 5. The first-order chi connectivity index (χ1) is 8.32. The third kappa shape index (κ3) is 3.30. The summed E-state index contributed by atoms with van der Waals surface area (Å²) in [5, 5.41) is 6.92. The summed E-state index contributed by atoms with van der Waals surface area (Å²) in [7, 11) is 1.84. The molecule has 0 aliphatic carbocycles. The summed E-state index contributed by atoms with van der Waals surface area (Å²) in [6, 6.07) is -0.903. The lowest BCUT2D eigenvalue weighted by molar-refractivity contribution is -0.126. The number of hydrogen-bond donors (Lipinski definition) is 3. The highest BCUT2D eigenvalue weighted by atomic mass is 16.2. The van der Waals surface area contributed by atoms with Crippen molar-refractivity contribution in [3.63, 3.8) is 0 Å². The van der Waals surface area contributed by atoms with Gasteiger partial charge in [0.2, 0.25) is 11.8 Å². The molecule has 7 heteroatoms. The van der Waals surface area contributed by atoms with Crippen molar-refractivity contribution in [3.8, 4) is 0 Å². The van der Waals surface area contributed by atoms with Crippen LogP contribution in [0, 0.1) is 13.8 Å². The first-order valence-electron chi connectivity index (χ1n) is 5.63. The van der Waals surface area contributed by atoms with Crippen LogP contribution in [0.4, 0.5) is 0 Å².